The third-order valence-corrected chi connectivity index (χ3v) is 9.05. The van der Waals surface area contributed by atoms with Crippen LogP contribution in [-0.4, -0.2) is 40.8 Å². The van der Waals surface area contributed by atoms with Crippen LogP contribution in [-0.2, 0) is 15.8 Å². The van der Waals surface area contributed by atoms with Gasteiger partial charge in [0.1, 0.15) is 15.6 Å². The molecule has 29 heavy (non-hydrogen) atoms. The highest BCUT2D eigenvalue weighted by Crippen LogP contribution is 2.27. The molecule has 0 aliphatic carbocycles. The molecule has 1 N–H and O–H groups in total. The molecule has 1 aliphatic rings. The molecule has 7 nitrogen and oxygen atoms in total. The third kappa shape index (κ3) is 4.11. The molecular weight excluding hydrogens is 428 g/mol. The van der Waals surface area contributed by atoms with Crippen molar-refractivity contribution in [2.24, 2.45) is 0 Å². The topological polar surface area (TPSA) is 96.0 Å². The molecule has 4 rings (SSSR count). The fraction of sp³-hybridized carbons (Fsp3) is 0.421. The van der Waals surface area contributed by atoms with Crippen molar-refractivity contribution in [2.45, 2.75) is 48.8 Å². The zero-order valence-corrected chi connectivity index (χ0v) is 18.7. The van der Waals surface area contributed by atoms with Crippen LogP contribution in [0.4, 0.5) is 0 Å². The monoisotopic (exact) mass is 450 g/mol. The van der Waals surface area contributed by atoms with E-state index in [0.29, 0.717) is 35.1 Å². The first-order valence-corrected chi connectivity index (χ1v) is 12.7. The van der Waals surface area contributed by atoms with Crippen LogP contribution in [0.15, 0.2) is 33.0 Å². The first kappa shape index (κ1) is 20.5. The molecule has 0 atom stereocenters. The van der Waals surface area contributed by atoms with Gasteiger partial charge in [-0.15, -0.1) is 11.3 Å². The SMILES string of the molecule is Cc1sc2nc(CSc3ccc(S(=O)(=O)N4CCCCC4)cn3)[nH]c(=O)c2c1C. The van der Waals surface area contributed by atoms with Crippen molar-refractivity contribution in [3.63, 3.8) is 0 Å². The molecule has 0 aromatic carbocycles. The van der Waals surface area contributed by atoms with Crippen molar-refractivity contribution >= 4 is 43.3 Å². The van der Waals surface area contributed by atoms with E-state index >= 15 is 0 Å². The molecule has 1 aliphatic heterocycles. The van der Waals surface area contributed by atoms with Gasteiger partial charge in [-0.1, -0.05) is 18.2 Å². The maximum Gasteiger partial charge on any atom is 0.259 e. The summed E-state index contributed by atoms with van der Waals surface area (Å²) in [5.74, 6) is 1.03. The number of rotatable bonds is 5. The van der Waals surface area contributed by atoms with Gasteiger partial charge in [0, 0.05) is 24.2 Å². The second-order valence-corrected chi connectivity index (χ2v) is 11.2. The summed E-state index contributed by atoms with van der Waals surface area (Å²) in [6.07, 6.45) is 4.29. The minimum absolute atomic E-state index is 0.122. The number of aromatic amines is 1. The molecule has 3 aromatic rings. The molecule has 3 aromatic heterocycles. The number of hydrogen-bond donors (Lipinski definition) is 1. The molecule has 0 bridgehead atoms. The predicted molar refractivity (Wildman–Crippen MR) is 116 cm³/mol. The van der Waals surface area contributed by atoms with E-state index in [1.54, 1.807) is 12.1 Å². The molecule has 154 valence electrons. The van der Waals surface area contributed by atoms with Crippen molar-refractivity contribution in [1.82, 2.24) is 19.3 Å². The van der Waals surface area contributed by atoms with Crippen LogP contribution in [0.2, 0.25) is 0 Å². The number of nitrogens with zero attached hydrogens (tertiary/aromatic N) is 3. The summed E-state index contributed by atoms with van der Waals surface area (Å²) < 4.78 is 26.9. The fourth-order valence-electron chi connectivity index (χ4n) is 3.37. The van der Waals surface area contributed by atoms with Gasteiger partial charge in [0.25, 0.3) is 5.56 Å². The lowest BCUT2D eigenvalue weighted by molar-refractivity contribution is 0.346. The van der Waals surface area contributed by atoms with Gasteiger partial charge >= 0.3 is 0 Å². The first-order valence-electron chi connectivity index (χ1n) is 9.44. The van der Waals surface area contributed by atoms with Gasteiger partial charge in [-0.05, 0) is 44.4 Å². The normalized spacial score (nSPS) is 15.8. The molecule has 10 heteroatoms. The van der Waals surface area contributed by atoms with Crippen molar-refractivity contribution in [1.29, 1.82) is 0 Å². The number of aryl methyl sites for hydroxylation is 2. The van der Waals surface area contributed by atoms with Crippen LogP contribution in [0.3, 0.4) is 0 Å². The minimum Gasteiger partial charge on any atom is -0.309 e. The number of thioether (sulfide) groups is 1. The lowest BCUT2D eigenvalue weighted by Crippen LogP contribution is -2.35. The molecular formula is C19H22N4O3S3. The van der Waals surface area contributed by atoms with Crippen LogP contribution in [0.25, 0.3) is 10.2 Å². The van der Waals surface area contributed by atoms with Gasteiger partial charge in [0.15, 0.2) is 0 Å². The third-order valence-electron chi connectivity index (χ3n) is 5.11. The smallest absolute Gasteiger partial charge is 0.259 e. The molecule has 0 saturated carbocycles. The van der Waals surface area contributed by atoms with Crippen LogP contribution in [0.1, 0.15) is 35.5 Å². The number of thiophene rings is 1. The summed E-state index contributed by atoms with van der Waals surface area (Å²) >= 11 is 2.93. The maximum absolute atomic E-state index is 12.7. The first-order chi connectivity index (χ1) is 13.9. The lowest BCUT2D eigenvalue weighted by atomic mass is 10.2. The predicted octanol–water partition coefficient (Wildman–Crippen LogP) is 3.46. The van der Waals surface area contributed by atoms with E-state index in [1.807, 2.05) is 13.8 Å². The largest absolute Gasteiger partial charge is 0.309 e. The Labute approximate surface area is 177 Å². The standard InChI is InChI=1S/C19H22N4O3S3/c1-12-13(2)28-19-17(12)18(24)21-15(22-19)11-27-16-7-6-14(10-20-16)29(25,26)23-8-4-3-5-9-23/h6-7,10H,3-5,8-9,11H2,1-2H3,(H,21,22,24). The summed E-state index contributed by atoms with van der Waals surface area (Å²) in [5.41, 5.74) is 0.855. The number of nitrogens with one attached hydrogen (secondary N) is 1. The zero-order valence-electron chi connectivity index (χ0n) is 16.3. The van der Waals surface area contributed by atoms with E-state index in [0.717, 1.165) is 34.5 Å². The Bertz CT molecular complexity index is 1190. The van der Waals surface area contributed by atoms with Crippen molar-refractivity contribution in [2.75, 3.05) is 13.1 Å². The van der Waals surface area contributed by atoms with Gasteiger partial charge < -0.3 is 4.98 Å². The van der Waals surface area contributed by atoms with Gasteiger partial charge in [-0.25, -0.2) is 18.4 Å². The number of sulfonamides is 1. The Balaban J connectivity index is 1.48. The van der Waals surface area contributed by atoms with E-state index in [-0.39, 0.29) is 10.5 Å². The van der Waals surface area contributed by atoms with Gasteiger partial charge in [0.2, 0.25) is 10.0 Å². The van der Waals surface area contributed by atoms with Crippen LogP contribution >= 0.6 is 23.1 Å². The quantitative estimate of drug-likeness (QED) is 0.598. The Morgan fingerprint density at radius 1 is 1.21 bits per heavy atom. The zero-order chi connectivity index (χ0) is 20.6. The number of pyridine rings is 1. The summed E-state index contributed by atoms with van der Waals surface area (Å²) in [6, 6.07) is 3.31. The maximum atomic E-state index is 12.7. The Kier molecular flexibility index (Phi) is 5.78. The summed E-state index contributed by atoms with van der Waals surface area (Å²) in [7, 11) is -3.47. The van der Waals surface area contributed by atoms with Crippen LogP contribution in [0, 0.1) is 13.8 Å². The van der Waals surface area contributed by atoms with E-state index in [9.17, 15) is 13.2 Å². The molecule has 0 amide bonds. The van der Waals surface area contributed by atoms with Crippen LogP contribution < -0.4 is 5.56 Å². The average Bonchev–Trinajstić information content (AvgIpc) is 3.01. The minimum atomic E-state index is -3.47. The molecule has 4 heterocycles. The van der Waals surface area contributed by atoms with E-state index in [1.165, 1.54) is 33.6 Å². The van der Waals surface area contributed by atoms with Crippen molar-refractivity contribution < 1.29 is 8.42 Å². The molecule has 0 spiro atoms. The van der Waals surface area contributed by atoms with Crippen LogP contribution in [0.5, 0.6) is 0 Å². The van der Waals surface area contributed by atoms with Crippen molar-refractivity contribution in [3.05, 3.63) is 44.9 Å². The van der Waals surface area contributed by atoms with E-state index in [2.05, 4.69) is 15.0 Å². The van der Waals surface area contributed by atoms with Gasteiger partial charge in [-0.3, -0.25) is 4.79 Å². The molecule has 1 saturated heterocycles. The highest BCUT2D eigenvalue weighted by Gasteiger charge is 2.26. The Morgan fingerprint density at radius 3 is 2.66 bits per heavy atom. The number of hydrogen-bond acceptors (Lipinski definition) is 7. The molecule has 1 fully saturated rings. The Hall–Kier alpha value is -1.75. The number of H-pyrrole nitrogens is 1. The molecule has 0 unspecified atom stereocenters. The fourth-order valence-corrected chi connectivity index (χ4v) is 6.59. The summed E-state index contributed by atoms with van der Waals surface area (Å²) in [4.78, 5) is 26.1. The number of aromatic nitrogens is 3. The van der Waals surface area contributed by atoms with E-state index in [4.69, 9.17) is 0 Å². The summed E-state index contributed by atoms with van der Waals surface area (Å²) in [5, 5.41) is 1.34. The average molecular weight is 451 g/mol. The van der Waals surface area contributed by atoms with Gasteiger partial charge in [-0.2, -0.15) is 4.31 Å². The number of fused-ring (bicyclic) bond motifs is 1. The lowest BCUT2D eigenvalue weighted by Gasteiger charge is -2.25. The Morgan fingerprint density at radius 2 is 1.97 bits per heavy atom. The van der Waals surface area contributed by atoms with E-state index < -0.39 is 10.0 Å². The second-order valence-electron chi connectivity index (χ2n) is 7.06. The van der Waals surface area contributed by atoms with Gasteiger partial charge in [0.05, 0.1) is 16.2 Å². The highest BCUT2D eigenvalue weighted by atomic mass is 32.2. The number of piperidine rings is 1. The van der Waals surface area contributed by atoms with Crippen molar-refractivity contribution in [3.8, 4) is 0 Å². The summed E-state index contributed by atoms with van der Waals surface area (Å²) in [6.45, 7) is 5.06. The highest BCUT2D eigenvalue weighted by molar-refractivity contribution is 7.98. The molecule has 0 radical (unpaired) electrons. The second kappa shape index (κ2) is 8.17.